The Labute approximate surface area is 176 Å². The standard InChI is InChI=1S/C21H24N6O2S/c1-17-4-2-5-18(14-17)16-30(28,29)27-12-10-26(11-13-27)21-8-7-20(24-25-21)23-19-6-3-9-22-15-19/h2-9,14-15H,10-13,16H2,1H3,(H,23,24). The van der Waals surface area contributed by atoms with Gasteiger partial charge in [0.15, 0.2) is 11.6 Å². The van der Waals surface area contributed by atoms with Gasteiger partial charge in [-0.05, 0) is 36.8 Å². The Kier molecular flexibility index (Phi) is 5.91. The van der Waals surface area contributed by atoms with Crippen LogP contribution in [0.25, 0.3) is 0 Å². The predicted molar refractivity (Wildman–Crippen MR) is 117 cm³/mol. The fourth-order valence-corrected chi connectivity index (χ4v) is 4.95. The molecule has 1 N–H and O–H groups in total. The average Bonchev–Trinajstić information content (AvgIpc) is 2.75. The van der Waals surface area contributed by atoms with Crippen molar-refractivity contribution in [3.8, 4) is 0 Å². The summed E-state index contributed by atoms with van der Waals surface area (Å²) in [6.07, 6.45) is 3.42. The summed E-state index contributed by atoms with van der Waals surface area (Å²) >= 11 is 0. The van der Waals surface area contributed by atoms with Gasteiger partial charge in [0.2, 0.25) is 10.0 Å². The topological polar surface area (TPSA) is 91.3 Å². The van der Waals surface area contributed by atoms with Crippen molar-refractivity contribution in [2.45, 2.75) is 12.7 Å². The van der Waals surface area contributed by atoms with Crippen molar-refractivity contribution in [2.24, 2.45) is 0 Å². The molecule has 0 atom stereocenters. The molecule has 1 fully saturated rings. The second kappa shape index (κ2) is 8.76. The van der Waals surface area contributed by atoms with Crippen LogP contribution in [0.1, 0.15) is 11.1 Å². The maximum Gasteiger partial charge on any atom is 0.218 e. The number of hydrogen-bond acceptors (Lipinski definition) is 7. The molecule has 3 heterocycles. The lowest BCUT2D eigenvalue weighted by molar-refractivity contribution is 0.383. The van der Waals surface area contributed by atoms with Gasteiger partial charge in [0, 0.05) is 32.4 Å². The first-order valence-corrected chi connectivity index (χ1v) is 11.4. The molecule has 9 heteroatoms. The van der Waals surface area contributed by atoms with E-state index in [0.29, 0.717) is 32.0 Å². The summed E-state index contributed by atoms with van der Waals surface area (Å²) in [4.78, 5) is 6.11. The number of pyridine rings is 1. The second-order valence-electron chi connectivity index (χ2n) is 7.27. The number of sulfonamides is 1. The Balaban J connectivity index is 1.35. The summed E-state index contributed by atoms with van der Waals surface area (Å²) in [5.74, 6) is 1.40. The number of benzene rings is 1. The average molecular weight is 425 g/mol. The Hall–Kier alpha value is -3.04. The zero-order valence-electron chi connectivity index (χ0n) is 16.8. The lowest BCUT2D eigenvalue weighted by Gasteiger charge is -2.34. The third-order valence-corrected chi connectivity index (χ3v) is 6.82. The normalized spacial score (nSPS) is 15.2. The van der Waals surface area contributed by atoms with Gasteiger partial charge in [-0.15, -0.1) is 10.2 Å². The fraction of sp³-hybridized carbons (Fsp3) is 0.286. The zero-order chi connectivity index (χ0) is 21.0. The molecule has 3 aromatic rings. The maximum absolute atomic E-state index is 12.8. The Morgan fingerprint density at radius 2 is 1.83 bits per heavy atom. The first kappa shape index (κ1) is 20.2. The van der Waals surface area contributed by atoms with Crippen LogP contribution in [0.5, 0.6) is 0 Å². The van der Waals surface area contributed by atoms with Crippen LogP contribution in [0.3, 0.4) is 0 Å². The second-order valence-corrected chi connectivity index (χ2v) is 9.24. The Morgan fingerprint density at radius 3 is 2.50 bits per heavy atom. The van der Waals surface area contributed by atoms with E-state index in [2.05, 4.69) is 25.4 Å². The van der Waals surface area contributed by atoms with Crippen LogP contribution in [-0.2, 0) is 15.8 Å². The quantitative estimate of drug-likeness (QED) is 0.650. The summed E-state index contributed by atoms with van der Waals surface area (Å²) < 4.78 is 27.2. The van der Waals surface area contributed by atoms with Crippen LogP contribution in [0, 0.1) is 6.92 Å². The molecule has 156 valence electrons. The summed E-state index contributed by atoms with van der Waals surface area (Å²) in [6.45, 7) is 4.00. The van der Waals surface area contributed by atoms with E-state index >= 15 is 0 Å². The van der Waals surface area contributed by atoms with E-state index < -0.39 is 10.0 Å². The fourth-order valence-electron chi connectivity index (χ4n) is 3.44. The van der Waals surface area contributed by atoms with Gasteiger partial charge in [-0.3, -0.25) is 4.98 Å². The molecule has 0 bridgehead atoms. The van der Waals surface area contributed by atoms with Crippen molar-refractivity contribution in [3.63, 3.8) is 0 Å². The molecule has 2 aromatic heterocycles. The summed E-state index contributed by atoms with van der Waals surface area (Å²) in [6, 6.07) is 15.1. The number of anilines is 3. The number of nitrogens with one attached hydrogen (secondary N) is 1. The first-order chi connectivity index (χ1) is 14.5. The van der Waals surface area contributed by atoms with E-state index in [9.17, 15) is 8.42 Å². The molecule has 0 saturated carbocycles. The van der Waals surface area contributed by atoms with Gasteiger partial charge < -0.3 is 10.2 Å². The van der Waals surface area contributed by atoms with E-state index in [1.807, 2.05) is 55.5 Å². The molecule has 1 saturated heterocycles. The SMILES string of the molecule is Cc1cccc(CS(=O)(=O)N2CCN(c3ccc(Nc4cccnc4)nn3)CC2)c1. The maximum atomic E-state index is 12.8. The summed E-state index contributed by atoms with van der Waals surface area (Å²) in [7, 11) is -3.35. The van der Waals surface area contributed by atoms with Gasteiger partial charge in [0.1, 0.15) is 0 Å². The number of piperazine rings is 1. The van der Waals surface area contributed by atoms with Crippen LogP contribution in [0.15, 0.2) is 60.9 Å². The van der Waals surface area contributed by atoms with Crippen molar-refractivity contribution < 1.29 is 8.42 Å². The van der Waals surface area contributed by atoms with Crippen molar-refractivity contribution in [1.29, 1.82) is 0 Å². The Bertz CT molecular complexity index is 1080. The van der Waals surface area contributed by atoms with E-state index in [-0.39, 0.29) is 5.75 Å². The number of rotatable bonds is 6. The van der Waals surface area contributed by atoms with Crippen LogP contribution in [-0.4, -0.2) is 54.1 Å². The summed E-state index contributed by atoms with van der Waals surface area (Å²) in [5, 5.41) is 11.7. The molecule has 1 aromatic carbocycles. The molecule has 0 unspecified atom stereocenters. The van der Waals surface area contributed by atoms with E-state index in [1.165, 1.54) is 0 Å². The van der Waals surface area contributed by atoms with E-state index in [1.54, 1.807) is 16.7 Å². The number of nitrogens with zero attached hydrogens (tertiary/aromatic N) is 5. The van der Waals surface area contributed by atoms with Gasteiger partial charge in [-0.2, -0.15) is 4.31 Å². The number of hydrogen-bond donors (Lipinski definition) is 1. The van der Waals surface area contributed by atoms with Crippen molar-refractivity contribution >= 4 is 27.3 Å². The molecular weight excluding hydrogens is 400 g/mol. The number of aromatic nitrogens is 3. The summed E-state index contributed by atoms with van der Waals surface area (Å²) in [5.41, 5.74) is 2.72. The zero-order valence-corrected chi connectivity index (χ0v) is 17.6. The first-order valence-electron chi connectivity index (χ1n) is 9.79. The van der Waals surface area contributed by atoms with Gasteiger partial charge in [-0.25, -0.2) is 8.42 Å². The monoisotopic (exact) mass is 424 g/mol. The van der Waals surface area contributed by atoms with Gasteiger partial charge in [0.25, 0.3) is 0 Å². The van der Waals surface area contributed by atoms with Gasteiger partial charge in [0.05, 0.1) is 17.6 Å². The lowest BCUT2D eigenvalue weighted by atomic mass is 10.2. The number of aryl methyl sites for hydroxylation is 1. The van der Waals surface area contributed by atoms with Crippen LogP contribution >= 0.6 is 0 Å². The minimum atomic E-state index is -3.35. The predicted octanol–water partition coefficient (Wildman–Crippen LogP) is 2.58. The van der Waals surface area contributed by atoms with Gasteiger partial charge in [-0.1, -0.05) is 29.8 Å². The Morgan fingerprint density at radius 1 is 1.00 bits per heavy atom. The molecule has 0 aliphatic carbocycles. The molecule has 8 nitrogen and oxygen atoms in total. The van der Waals surface area contributed by atoms with Crippen LogP contribution in [0.4, 0.5) is 17.3 Å². The van der Waals surface area contributed by atoms with Crippen molar-refractivity contribution in [2.75, 3.05) is 36.4 Å². The molecule has 4 rings (SSSR count). The largest absolute Gasteiger partial charge is 0.352 e. The lowest BCUT2D eigenvalue weighted by Crippen LogP contribution is -2.49. The van der Waals surface area contributed by atoms with E-state index in [4.69, 9.17) is 0 Å². The molecule has 30 heavy (non-hydrogen) atoms. The highest BCUT2D eigenvalue weighted by molar-refractivity contribution is 7.88. The van der Waals surface area contributed by atoms with Crippen molar-refractivity contribution in [3.05, 3.63) is 72.1 Å². The molecular formula is C21H24N6O2S. The van der Waals surface area contributed by atoms with Gasteiger partial charge >= 0.3 is 0 Å². The molecule has 0 spiro atoms. The molecule has 0 amide bonds. The van der Waals surface area contributed by atoms with Crippen molar-refractivity contribution in [1.82, 2.24) is 19.5 Å². The van der Waals surface area contributed by atoms with Crippen LogP contribution in [0.2, 0.25) is 0 Å². The highest BCUT2D eigenvalue weighted by Gasteiger charge is 2.27. The molecule has 1 aliphatic heterocycles. The van der Waals surface area contributed by atoms with E-state index in [0.717, 1.165) is 22.6 Å². The minimum Gasteiger partial charge on any atom is -0.352 e. The third-order valence-electron chi connectivity index (χ3n) is 4.97. The van der Waals surface area contributed by atoms with Crippen LogP contribution < -0.4 is 10.2 Å². The molecule has 1 aliphatic rings. The highest BCUT2D eigenvalue weighted by Crippen LogP contribution is 2.19. The smallest absolute Gasteiger partial charge is 0.218 e. The molecule has 0 radical (unpaired) electrons. The third kappa shape index (κ3) is 4.92. The highest BCUT2D eigenvalue weighted by atomic mass is 32.2. The minimum absolute atomic E-state index is 0.0309.